The zero-order valence-corrected chi connectivity index (χ0v) is 47.0. The van der Waals surface area contributed by atoms with Gasteiger partial charge < -0.3 is 42.9 Å². The van der Waals surface area contributed by atoms with Crippen LogP contribution in [0, 0.1) is 0 Å². The van der Waals surface area contributed by atoms with E-state index in [1.54, 1.807) is 36.9 Å². The van der Waals surface area contributed by atoms with Crippen LogP contribution < -0.4 is 0 Å². The maximum absolute atomic E-state index is 12.9. The van der Waals surface area contributed by atoms with Gasteiger partial charge in [-0.3, -0.25) is 18.7 Å². The third kappa shape index (κ3) is 34.4. The number of hydrogen-bond donors (Lipinski definition) is 2. The predicted octanol–water partition coefficient (Wildman–Crippen LogP) is 10.2. The Balaban J connectivity index is 0.00000118. The van der Waals surface area contributed by atoms with Crippen molar-refractivity contribution >= 4 is 74.1 Å². The third-order valence-corrected chi connectivity index (χ3v) is 15.8. The van der Waals surface area contributed by atoms with E-state index < -0.39 is 62.8 Å². The summed E-state index contributed by atoms with van der Waals surface area (Å²) < 4.78 is 59.9. The molecule has 0 spiro atoms. The van der Waals surface area contributed by atoms with Crippen LogP contribution in [0.1, 0.15) is 88.9 Å². The molecule has 0 bridgehead atoms. The lowest BCUT2D eigenvalue weighted by Gasteiger charge is -2.21. The Kier molecular flexibility index (Phi) is 35.4. The van der Waals surface area contributed by atoms with Crippen LogP contribution in [-0.4, -0.2) is 135 Å². The van der Waals surface area contributed by atoms with Crippen LogP contribution in [-0.2, 0) is 70.6 Å². The van der Waals surface area contributed by atoms with Crippen molar-refractivity contribution in [3.63, 3.8) is 0 Å². The Bertz CT molecular complexity index is 2120. The van der Waals surface area contributed by atoms with Gasteiger partial charge in [-0.1, -0.05) is 87.0 Å². The van der Waals surface area contributed by atoms with Crippen molar-refractivity contribution in [2.24, 2.45) is 0 Å². The highest BCUT2D eigenvalue weighted by molar-refractivity contribution is 7.99. The molecule has 4 atom stereocenters. The Hall–Kier alpha value is -4.74. The summed E-state index contributed by atoms with van der Waals surface area (Å²) in [6, 6.07) is 19.2. The zero-order chi connectivity index (χ0) is 55.6. The SMILES string of the molecule is C=C(C)C(=O)OCC(COC(=O)C(=C)C)OC(=O)CC(SCCCP(C)(=O)OCC)c1ccccc1.C=C(C)C(=O)OCC(O)COC(=O)C(=C)C.CCOP(C)(=O)CCCSC(CC(=O)O)c1ccccc1. The maximum Gasteiger partial charge on any atom is 0.333 e. The van der Waals surface area contributed by atoms with Crippen LogP contribution in [0.15, 0.2) is 109 Å². The van der Waals surface area contributed by atoms with E-state index in [1.165, 1.54) is 27.7 Å². The molecule has 408 valence electrons. The van der Waals surface area contributed by atoms with E-state index in [0.29, 0.717) is 37.7 Å². The minimum atomic E-state index is -2.62. The first kappa shape index (κ1) is 68.3. The van der Waals surface area contributed by atoms with Crippen molar-refractivity contribution in [1.29, 1.82) is 0 Å². The van der Waals surface area contributed by atoms with Gasteiger partial charge in [0.25, 0.3) is 0 Å². The van der Waals surface area contributed by atoms with Gasteiger partial charge in [-0.05, 0) is 77.0 Å². The first-order chi connectivity index (χ1) is 34.2. The summed E-state index contributed by atoms with van der Waals surface area (Å²) in [6.07, 6.45) is 0.558. The fourth-order valence-corrected chi connectivity index (χ4v) is 11.2. The van der Waals surface area contributed by atoms with E-state index in [1.807, 2.05) is 74.5 Å². The van der Waals surface area contributed by atoms with Crippen molar-refractivity contribution in [3.05, 3.63) is 120 Å². The standard InChI is InChI=1S/C26H37O8PS.C15H23O4PS.C11H16O5/c1-7-33-35(6,30)14-11-15-36-23(21-12-9-8-10-13-21)16-24(27)34-22(17-31-25(28)19(2)3)18-32-26(29)20(4)5;1-3-19-20(2,18)10-7-11-21-14(12-15(16)17)13-8-5-4-6-9-13;1-7(2)10(13)15-5-9(12)6-16-11(14)8(3)4/h8-10,12-13,22-23H,2,4,7,11,14-18H2,1,3,5-6H3;4-6,8-9,14H,3,7,10-12H2,1-2H3,(H,16,17);9,12H,1,3,5-6H2,2,4H3. The molecule has 2 rings (SSSR count). The molecule has 73 heavy (non-hydrogen) atoms. The van der Waals surface area contributed by atoms with E-state index >= 15 is 0 Å². The number of esters is 5. The zero-order valence-electron chi connectivity index (χ0n) is 43.5. The van der Waals surface area contributed by atoms with Crippen molar-refractivity contribution in [2.75, 3.05) is 76.8 Å². The van der Waals surface area contributed by atoms with Crippen LogP contribution in [0.25, 0.3) is 0 Å². The lowest BCUT2D eigenvalue weighted by molar-refractivity contribution is -0.164. The van der Waals surface area contributed by atoms with Gasteiger partial charge in [0.15, 0.2) is 20.8 Å². The molecule has 17 nitrogen and oxygen atoms in total. The van der Waals surface area contributed by atoms with Gasteiger partial charge in [-0.2, -0.15) is 23.5 Å². The first-order valence-electron chi connectivity index (χ1n) is 23.4. The molecule has 2 N–H and O–H groups in total. The summed E-state index contributed by atoms with van der Waals surface area (Å²) in [5.41, 5.74) is 2.84. The Morgan fingerprint density at radius 3 is 1.21 bits per heavy atom. The lowest BCUT2D eigenvalue weighted by atomic mass is 10.1. The predicted molar refractivity (Wildman–Crippen MR) is 288 cm³/mol. The smallest absolute Gasteiger partial charge is 0.333 e. The highest BCUT2D eigenvalue weighted by Crippen LogP contribution is 2.45. The molecule has 21 heteroatoms. The largest absolute Gasteiger partial charge is 0.481 e. The second-order valence-corrected chi connectivity index (χ2v) is 24.7. The average Bonchev–Trinajstić information content (AvgIpc) is 3.33. The molecule has 0 saturated carbocycles. The van der Waals surface area contributed by atoms with Crippen LogP contribution in [0.3, 0.4) is 0 Å². The fraction of sp³-hybridized carbons (Fsp3) is 0.500. The van der Waals surface area contributed by atoms with Crippen LogP contribution in [0.4, 0.5) is 0 Å². The molecule has 0 aliphatic carbocycles. The highest BCUT2D eigenvalue weighted by atomic mass is 32.2. The number of hydrogen-bond acceptors (Lipinski definition) is 18. The summed E-state index contributed by atoms with van der Waals surface area (Å²) in [5, 5.41) is 18.0. The number of benzene rings is 2. The number of carboxylic acid groups (broad SMARTS) is 1. The molecule has 0 aliphatic rings. The number of carbonyl (C=O) groups is 6. The van der Waals surface area contributed by atoms with E-state index in [0.717, 1.165) is 23.3 Å². The average molecular weight is 1100 g/mol. The molecule has 0 radical (unpaired) electrons. The van der Waals surface area contributed by atoms with Crippen LogP contribution in [0.2, 0.25) is 0 Å². The van der Waals surface area contributed by atoms with Gasteiger partial charge in [0.2, 0.25) is 0 Å². The Labute approximate surface area is 440 Å². The Morgan fingerprint density at radius 1 is 0.562 bits per heavy atom. The number of aliphatic hydroxyl groups excluding tert-OH is 1. The monoisotopic (exact) mass is 1100 g/mol. The van der Waals surface area contributed by atoms with Crippen LogP contribution in [0.5, 0.6) is 0 Å². The fourth-order valence-electron chi connectivity index (χ4n) is 5.59. The quantitative estimate of drug-likeness (QED) is 0.0222. The third-order valence-electron chi connectivity index (χ3n) is 9.22. The topological polar surface area (TPSA) is 242 Å². The molecule has 0 aromatic heterocycles. The van der Waals surface area contributed by atoms with Gasteiger partial charge in [-0.15, -0.1) is 0 Å². The first-order valence-corrected chi connectivity index (χ1v) is 30.0. The van der Waals surface area contributed by atoms with E-state index in [4.69, 9.17) is 28.4 Å². The molecule has 2 aromatic carbocycles. The number of thioether (sulfide) groups is 2. The molecular weight excluding hydrogens is 1020 g/mol. The van der Waals surface area contributed by atoms with Gasteiger partial charge >= 0.3 is 35.8 Å². The molecule has 4 unspecified atom stereocenters. The summed E-state index contributed by atoms with van der Waals surface area (Å²) in [7, 11) is -5.10. The normalized spacial score (nSPS) is 13.1. The van der Waals surface area contributed by atoms with Gasteiger partial charge in [-0.25, -0.2) is 19.2 Å². The van der Waals surface area contributed by atoms with Crippen molar-refractivity contribution in [2.45, 2.75) is 89.9 Å². The number of aliphatic hydroxyl groups is 1. The second kappa shape index (κ2) is 37.9. The maximum atomic E-state index is 12.9. The molecule has 0 saturated heterocycles. The minimum Gasteiger partial charge on any atom is -0.481 e. The van der Waals surface area contributed by atoms with E-state index in [9.17, 15) is 43.0 Å². The van der Waals surface area contributed by atoms with Gasteiger partial charge in [0.05, 0.1) is 26.1 Å². The van der Waals surface area contributed by atoms with E-state index in [2.05, 4.69) is 35.8 Å². The van der Waals surface area contributed by atoms with Crippen molar-refractivity contribution in [3.8, 4) is 0 Å². The van der Waals surface area contributed by atoms with E-state index in [-0.39, 0.29) is 72.1 Å². The molecule has 0 fully saturated rings. The lowest BCUT2D eigenvalue weighted by Crippen LogP contribution is -2.31. The van der Waals surface area contributed by atoms with Gasteiger partial charge in [0.1, 0.15) is 32.5 Å². The summed E-state index contributed by atoms with van der Waals surface area (Å²) in [6.45, 7) is 26.5. The van der Waals surface area contributed by atoms with Gasteiger partial charge in [0, 0.05) is 58.4 Å². The molecular formula is C52H76O17P2S2. The number of carboxylic acids is 1. The number of ether oxygens (including phenoxy) is 5. The number of carbonyl (C=O) groups excluding carboxylic acids is 5. The van der Waals surface area contributed by atoms with Crippen LogP contribution >= 0.6 is 38.3 Å². The minimum absolute atomic E-state index is 0.0449. The Morgan fingerprint density at radius 2 is 0.890 bits per heavy atom. The molecule has 0 amide bonds. The van der Waals surface area contributed by atoms with Crippen molar-refractivity contribution < 1.29 is 80.8 Å². The summed E-state index contributed by atoms with van der Waals surface area (Å²) >= 11 is 3.17. The second-order valence-electron chi connectivity index (χ2n) is 16.6. The summed E-state index contributed by atoms with van der Waals surface area (Å²) in [5.74, 6) is -2.34. The molecule has 0 aliphatic heterocycles. The number of aliphatic carboxylic acids is 1. The summed E-state index contributed by atoms with van der Waals surface area (Å²) in [4.78, 5) is 69.3. The molecule has 0 heterocycles. The molecule has 2 aromatic rings. The number of rotatable bonds is 33. The van der Waals surface area contributed by atoms with Crippen molar-refractivity contribution in [1.82, 2.24) is 0 Å². The highest BCUT2D eigenvalue weighted by Gasteiger charge is 2.25.